The zero-order valence-corrected chi connectivity index (χ0v) is 17.7. The molecule has 4 rings (SSSR count). The first-order chi connectivity index (χ1) is 14.2. The first-order valence-corrected chi connectivity index (χ1v) is 10.3. The number of pyridine rings is 1. The van der Waals surface area contributed by atoms with Crippen LogP contribution in [0.15, 0.2) is 48.8 Å². The van der Waals surface area contributed by atoms with Crippen molar-refractivity contribution in [3.63, 3.8) is 0 Å². The van der Waals surface area contributed by atoms with Crippen LogP contribution in [0.1, 0.15) is 6.92 Å². The molecule has 0 radical (unpaired) electrons. The lowest BCUT2D eigenvalue weighted by Gasteiger charge is -2.35. The van der Waals surface area contributed by atoms with Gasteiger partial charge in [0.1, 0.15) is 5.75 Å². The maximum absolute atomic E-state index is 5.70. The number of anilines is 1. The molecule has 7 nitrogen and oxygen atoms in total. The molecule has 1 aliphatic rings. The van der Waals surface area contributed by atoms with Gasteiger partial charge in [0.05, 0.1) is 13.8 Å². The Bertz CT molecular complexity index is 990. The zero-order valence-electron chi connectivity index (χ0n) is 16.9. The zero-order chi connectivity index (χ0) is 20.2. The Labute approximate surface area is 176 Å². The third kappa shape index (κ3) is 4.18. The Hall–Kier alpha value is -2.71. The Balaban J connectivity index is 1.44. The second-order valence-electron chi connectivity index (χ2n) is 7.03. The average Bonchev–Trinajstić information content (AvgIpc) is 3.10. The van der Waals surface area contributed by atoms with Gasteiger partial charge in [-0.1, -0.05) is 0 Å². The van der Waals surface area contributed by atoms with Gasteiger partial charge in [-0.25, -0.2) is 4.68 Å². The van der Waals surface area contributed by atoms with E-state index in [4.69, 9.17) is 22.1 Å². The maximum Gasteiger partial charge on any atom is 0.199 e. The summed E-state index contributed by atoms with van der Waals surface area (Å²) in [7, 11) is 1.69. The lowest BCUT2D eigenvalue weighted by molar-refractivity contribution is 0.194. The van der Waals surface area contributed by atoms with Gasteiger partial charge in [-0.3, -0.25) is 9.88 Å². The molecule has 0 aliphatic carbocycles. The topological polar surface area (TPSA) is 51.4 Å². The monoisotopic (exact) mass is 410 g/mol. The Morgan fingerprint density at radius 2 is 1.69 bits per heavy atom. The van der Waals surface area contributed by atoms with E-state index in [1.807, 2.05) is 28.9 Å². The summed E-state index contributed by atoms with van der Waals surface area (Å²) in [6.45, 7) is 7.49. The molecule has 1 aliphatic heterocycles. The van der Waals surface area contributed by atoms with Crippen molar-refractivity contribution in [2.24, 2.45) is 0 Å². The van der Waals surface area contributed by atoms with Gasteiger partial charge in [-0.05, 0) is 55.5 Å². The summed E-state index contributed by atoms with van der Waals surface area (Å²) in [6, 6.07) is 12.2. The van der Waals surface area contributed by atoms with E-state index in [0.717, 1.165) is 54.6 Å². The quantitative estimate of drug-likeness (QED) is 0.582. The number of benzene rings is 1. The van der Waals surface area contributed by atoms with Crippen molar-refractivity contribution < 1.29 is 4.74 Å². The number of hydrogen-bond acceptors (Lipinski definition) is 6. The van der Waals surface area contributed by atoms with Gasteiger partial charge in [0.2, 0.25) is 0 Å². The van der Waals surface area contributed by atoms with Gasteiger partial charge in [-0.2, -0.15) is 5.10 Å². The second kappa shape index (κ2) is 8.75. The lowest BCUT2D eigenvalue weighted by Crippen LogP contribution is -2.47. The van der Waals surface area contributed by atoms with Gasteiger partial charge in [0, 0.05) is 56.4 Å². The van der Waals surface area contributed by atoms with Crippen LogP contribution in [0.5, 0.6) is 5.75 Å². The number of nitrogens with zero attached hydrogens (tertiary/aromatic N) is 6. The van der Waals surface area contributed by atoms with Crippen molar-refractivity contribution in [3.8, 4) is 17.1 Å². The summed E-state index contributed by atoms with van der Waals surface area (Å²) < 4.78 is 10.0. The van der Waals surface area contributed by atoms with E-state index in [9.17, 15) is 0 Å². The highest BCUT2D eigenvalue weighted by Crippen LogP contribution is 2.21. The van der Waals surface area contributed by atoms with Crippen LogP contribution in [0.2, 0.25) is 0 Å². The minimum atomic E-state index is 0.709. The van der Waals surface area contributed by atoms with Crippen LogP contribution in [0, 0.1) is 4.77 Å². The number of methoxy groups -OCH3 is 1. The molecule has 0 bridgehead atoms. The summed E-state index contributed by atoms with van der Waals surface area (Å²) in [6.07, 6.45) is 3.57. The first-order valence-electron chi connectivity index (χ1n) is 9.89. The second-order valence-corrected chi connectivity index (χ2v) is 7.40. The van der Waals surface area contributed by atoms with Gasteiger partial charge in [-0.15, -0.1) is 0 Å². The van der Waals surface area contributed by atoms with Crippen LogP contribution in [0.3, 0.4) is 0 Å². The van der Waals surface area contributed by atoms with Crippen LogP contribution in [-0.4, -0.2) is 57.5 Å². The SMILES string of the molecule is CCn1c(-c2ccncc2)nn(CN2CCN(c3ccc(OC)cc3)CC2)c1=S. The molecule has 0 spiro atoms. The standard InChI is InChI=1S/C21H26N6OS/c1-3-26-20(17-8-10-22-11-9-17)23-27(21(26)29)16-24-12-14-25(15-13-24)18-4-6-19(28-2)7-5-18/h4-11H,3,12-16H2,1-2H3. The fraction of sp³-hybridized carbons (Fsp3) is 0.381. The van der Waals surface area contributed by atoms with E-state index in [2.05, 4.69) is 38.4 Å². The predicted molar refractivity (Wildman–Crippen MR) is 117 cm³/mol. The number of ether oxygens (including phenoxy) is 1. The molecule has 0 atom stereocenters. The molecule has 0 unspecified atom stereocenters. The number of piperazine rings is 1. The highest BCUT2D eigenvalue weighted by molar-refractivity contribution is 7.71. The van der Waals surface area contributed by atoms with Crippen LogP contribution in [-0.2, 0) is 13.2 Å². The minimum absolute atomic E-state index is 0.709. The molecule has 1 fully saturated rings. The molecule has 152 valence electrons. The maximum atomic E-state index is 5.70. The van der Waals surface area contributed by atoms with Crippen LogP contribution in [0.25, 0.3) is 11.4 Å². The van der Waals surface area contributed by atoms with Crippen molar-refractivity contribution in [2.45, 2.75) is 20.1 Å². The first kappa shape index (κ1) is 19.6. The molecule has 0 saturated carbocycles. The van der Waals surface area contributed by atoms with E-state index < -0.39 is 0 Å². The molecular weight excluding hydrogens is 384 g/mol. The Morgan fingerprint density at radius 3 is 2.31 bits per heavy atom. The minimum Gasteiger partial charge on any atom is -0.497 e. The molecule has 0 amide bonds. The largest absolute Gasteiger partial charge is 0.497 e. The molecule has 29 heavy (non-hydrogen) atoms. The average molecular weight is 411 g/mol. The Morgan fingerprint density at radius 1 is 1.00 bits per heavy atom. The molecule has 3 aromatic rings. The van der Waals surface area contributed by atoms with Crippen molar-refractivity contribution in [1.29, 1.82) is 0 Å². The fourth-order valence-electron chi connectivity index (χ4n) is 3.66. The molecule has 8 heteroatoms. The highest BCUT2D eigenvalue weighted by atomic mass is 32.1. The van der Waals surface area contributed by atoms with Crippen molar-refractivity contribution >= 4 is 17.9 Å². The van der Waals surface area contributed by atoms with Gasteiger partial charge >= 0.3 is 0 Å². The van der Waals surface area contributed by atoms with Crippen LogP contribution >= 0.6 is 12.2 Å². The lowest BCUT2D eigenvalue weighted by atomic mass is 10.2. The van der Waals surface area contributed by atoms with Crippen molar-refractivity contribution in [2.75, 3.05) is 38.2 Å². The number of rotatable bonds is 6. The molecular formula is C21H26N6OS. The van der Waals surface area contributed by atoms with E-state index in [1.165, 1.54) is 5.69 Å². The number of aromatic nitrogens is 4. The molecule has 2 aromatic heterocycles. The summed E-state index contributed by atoms with van der Waals surface area (Å²) in [5, 5.41) is 4.82. The third-order valence-electron chi connectivity index (χ3n) is 5.32. The molecule has 1 aromatic carbocycles. The third-order valence-corrected chi connectivity index (χ3v) is 5.75. The van der Waals surface area contributed by atoms with E-state index >= 15 is 0 Å². The molecule has 1 saturated heterocycles. The van der Waals surface area contributed by atoms with Crippen molar-refractivity contribution in [3.05, 3.63) is 53.6 Å². The smallest absolute Gasteiger partial charge is 0.199 e. The van der Waals surface area contributed by atoms with Gasteiger partial charge in [0.25, 0.3) is 0 Å². The van der Waals surface area contributed by atoms with Gasteiger partial charge in [0.15, 0.2) is 10.6 Å². The van der Waals surface area contributed by atoms with E-state index in [0.29, 0.717) is 6.67 Å². The number of hydrogen-bond donors (Lipinski definition) is 0. The molecule has 0 N–H and O–H groups in total. The predicted octanol–water partition coefficient (Wildman–Crippen LogP) is 3.28. The summed E-state index contributed by atoms with van der Waals surface area (Å²) in [4.78, 5) is 8.91. The van der Waals surface area contributed by atoms with Gasteiger partial charge < -0.3 is 14.2 Å². The summed E-state index contributed by atoms with van der Waals surface area (Å²) >= 11 is 5.70. The fourth-order valence-corrected chi connectivity index (χ4v) is 3.98. The van der Waals surface area contributed by atoms with E-state index in [1.54, 1.807) is 19.5 Å². The summed E-state index contributed by atoms with van der Waals surface area (Å²) in [5.41, 5.74) is 2.27. The highest BCUT2D eigenvalue weighted by Gasteiger charge is 2.19. The normalized spacial score (nSPS) is 14.9. The summed E-state index contributed by atoms with van der Waals surface area (Å²) in [5.74, 6) is 1.79. The Kier molecular flexibility index (Phi) is 5.92. The van der Waals surface area contributed by atoms with Crippen molar-refractivity contribution in [1.82, 2.24) is 24.2 Å². The van der Waals surface area contributed by atoms with Crippen LogP contribution < -0.4 is 9.64 Å². The van der Waals surface area contributed by atoms with E-state index in [-0.39, 0.29) is 0 Å². The van der Waals surface area contributed by atoms with Crippen LogP contribution in [0.4, 0.5) is 5.69 Å². The molecule has 3 heterocycles.